The fourth-order valence-corrected chi connectivity index (χ4v) is 2.24. The number of rotatable bonds is 2. The van der Waals surface area contributed by atoms with Crippen LogP contribution in [0.4, 0.5) is 0 Å². The summed E-state index contributed by atoms with van der Waals surface area (Å²) in [7, 11) is 0. The lowest BCUT2D eigenvalue weighted by atomic mass is 9.63. The normalized spacial score (nSPS) is 18.7. The third-order valence-corrected chi connectivity index (χ3v) is 3.58. The maximum atomic E-state index is 11.1. The third-order valence-electron chi connectivity index (χ3n) is 3.58. The summed E-state index contributed by atoms with van der Waals surface area (Å²) in [5.41, 5.74) is 9.53. The summed E-state index contributed by atoms with van der Waals surface area (Å²) in [6, 6.07) is 6.40. The van der Waals surface area contributed by atoms with Crippen molar-refractivity contribution in [2.75, 3.05) is 6.54 Å². The van der Waals surface area contributed by atoms with Crippen LogP contribution in [0.25, 0.3) is 0 Å². The van der Waals surface area contributed by atoms with Crippen molar-refractivity contribution >= 4 is 5.78 Å². The van der Waals surface area contributed by atoms with Gasteiger partial charge in [0.15, 0.2) is 0 Å². The number of carbonyl (C=O) groups excluding carboxylic acids is 1. The highest BCUT2D eigenvalue weighted by atomic mass is 16.1. The molecular formula is C13H17NO. The number of hydrogen-bond donors (Lipinski definition) is 1. The third kappa shape index (κ3) is 1.59. The van der Waals surface area contributed by atoms with Crippen molar-refractivity contribution in [2.45, 2.75) is 32.1 Å². The van der Waals surface area contributed by atoms with Gasteiger partial charge in [0.1, 0.15) is 5.78 Å². The van der Waals surface area contributed by atoms with Crippen LogP contribution in [-0.4, -0.2) is 12.3 Å². The summed E-state index contributed by atoms with van der Waals surface area (Å²) < 4.78 is 0. The zero-order valence-electron chi connectivity index (χ0n) is 9.34. The van der Waals surface area contributed by atoms with Gasteiger partial charge in [-0.25, -0.2) is 0 Å². The number of nitrogens with two attached hydrogens (primary N) is 1. The summed E-state index contributed by atoms with van der Waals surface area (Å²) in [6.45, 7) is 4.77. The van der Waals surface area contributed by atoms with Crippen LogP contribution in [0.3, 0.4) is 0 Å². The van der Waals surface area contributed by atoms with Crippen LogP contribution in [0.2, 0.25) is 0 Å². The van der Waals surface area contributed by atoms with E-state index in [1.165, 1.54) is 16.7 Å². The van der Waals surface area contributed by atoms with Crippen LogP contribution in [-0.2, 0) is 10.2 Å². The van der Waals surface area contributed by atoms with Gasteiger partial charge in [0.2, 0.25) is 0 Å². The van der Waals surface area contributed by atoms with Crippen molar-refractivity contribution in [3.63, 3.8) is 0 Å². The van der Waals surface area contributed by atoms with Crippen molar-refractivity contribution in [1.82, 2.24) is 0 Å². The minimum absolute atomic E-state index is 0.0600. The van der Waals surface area contributed by atoms with Gasteiger partial charge in [0.25, 0.3) is 0 Å². The molecule has 0 unspecified atom stereocenters. The number of carbonyl (C=O) groups is 1. The van der Waals surface area contributed by atoms with Crippen LogP contribution >= 0.6 is 0 Å². The summed E-state index contributed by atoms with van der Waals surface area (Å²) in [4.78, 5) is 11.1. The van der Waals surface area contributed by atoms with E-state index >= 15 is 0 Å². The Morgan fingerprint density at radius 1 is 1.27 bits per heavy atom. The van der Waals surface area contributed by atoms with E-state index < -0.39 is 0 Å². The average Bonchev–Trinajstić information content (AvgIpc) is 2.17. The molecule has 1 fully saturated rings. The van der Waals surface area contributed by atoms with E-state index in [0.717, 1.165) is 0 Å². The number of ketones is 1. The lowest BCUT2D eigenvalue weighted by Crippen LogP contribution is -2.47. The smallest absolute Gasteiger partial charge is 0.134 e. The molecule has 2 N–H and O–H groups in total. The SMILES string of the molecule is Cc1ccc(C2(CN)CC(=O)C2)cc1C. The molecule has 0 saturated heterocycles. The van der Waals surface area contributed by atoms with Crippen molar-refractivity contribution in [1.29, 1.82) is 0 Å². The van der Waals surface area contributed by atoms with Crippen molar-refractivity contribution in [3.05, 3.63) is 34.9 Å². The minimum atomic E-state index is -0.0600. The second-order valence-electron chi connectivity index (χ2n) is 4.68. The Bertz CT molecular complexity index is 401. The Hall–Kier alpha value is -1.15. The van der Waals surface area contributed by atoms with E-state index in [-0.39, 0.29) is 5.41 Å². The molecule has 1 aliphatic carbocycles. The maximum absolute atomic E-state index is 11.1. The predicted octanol–water partition coefficient (Wildman–Crippen LogP) is 1.86. The summed E-state index contributed by atoms with van der Waals surface area (Å²) >= 11 is 0. The van der Waals surface area contributed by atoms with Gasteiger partial charge < -0.3 is 5.73 Å². The lowest BCUT2D eigenvalue weighted by Gasteiger charge is -2.40. The quantitative estimate of drug-likeness (QED) is 0.797. The average molecular weight is 203 g/mol. The molecule has 1 saturated carbocycles. The molecule has 1 aliphatic rings. The molecule has 0 aliphatic heterocycles. The Balaban J connectivity index is 2.36. The van der Waals surface area contributed by atoms with Crippen molar-refractivity contribution in [2.24, 2.45) is 5.73 Å². The highest BCUT2D eigenvalue weighted by Gasteiger charge is 2.43. The topological polar surface area (TPSA) is 43.1 Å². The maximum Gasteiger partial charge on any atom is 0.134 e. The van der Waals surface area contributed by atoms with Crippen LogP contribution in [0.15, 0.2) is 18.2 Å². The number of aryl methyl sites for hydroxylation is 2. The first-order valence-corrected chi connectivity index (χ1v) is 5.37. The molecule has 2 rings (SSSR count). The van der Waals surface area contributed by atoms with E-state index in [2.05, 4.69) is 32.0 Å². The highest BCUT2D eigenvalue weighted by molar-refractivity contribution is 5.88. The zero-order chi connectivity index (χ0) is 11.1. The second kappa shape index (κ2) is 3.46. The second-order valence-corrected chi connectivity index (χ2v) is 4.68. The molecule has 80 valence electrons. The Morgan fingerprint density at radius 3 is 2.40 bits per heavy atom. The number of hydrogen-bond acceptors (Lipinski definition) is 2. The molecule has 0 heterocycles. The highest BCUT2D eigenvalue weighted by Crippen LogP contribution is 2.40. The molecule has 1 aromatic carbocycles. The van der Waals surface area contributed by atoms with Gasteiger partial charge in [-0.05, 0) is 30.5 Å². The molecular weight excluding hydrogens is 186 g/mol. The molecule has 0 spiro atoms. The largest absolute Gasteiger partial charge is 0.330 e. The summed E-state index contributed by atoms with van der Waals surface area (Å²) in [5, 5.41) is 0. The molecule has 0 atom stereocenters. The standard InChI is InChI=1S/C13H17NO/c1-9-3-4-11(5-10(9)2)13(8-14)6-12(15)7-13/h3-5H,6-8,14H2,1-2H3. The molecule has 15 heavy (non-hydrogen) atoms. The Labute approximate surface area is 90.5 Å². The van der Waals surface area contributed by atoms with Crippen molar-refractivity contribution in [3.8, 4) is 0 Å². The van der Waals surface area contributed by atoms with E-state index in [1.54, 1.807) is 0 Å². The van der Waals surface area contributed by atoms with Crippen LogP contribution < -0.4 is 5.73 Å². The molecule has 2 heteroatoms. The number of Topliss-reactive ketones (excluding diaryl/α,β-unsaturated/α-hetero) is 1. The molecule has 0 radical (unpaired) electrons. The van der Waals surface area contributed by atoms with Gasteiger partial charge in [0.05, 0.1) is 0 Å². The fourth-order valence-electron chi connectivity index (χ4n) is 2.24. The van der Waals surface area contributed by atoms with Crippen LogP contribution in [0.5, 0.6) is 0 Å². The Kier molecular flexibility index (Phi) is 2.39. The van der Waals surface area contributed by atoms with Gasteiger partial charge in [0, 0.05) is 24.8 Å². The van der Waals surface area contributed by atoms with Crippen LogP contribution in [0, 0.1) is 13.8 Å². The lowest BCUT2D eigenvalue weighted by molar-refractivity contribution is -0.128. The van der Waals surface area contributed by atoms with E-state index in [1.807, 2.05) is 0 Å². The fraction of sp³-hybridized carbons (Fsp3) is 0.462. The van der Waals surface area contributed by atoms with Crippen LogP contribution in [0.1, 0.15) is 29.5 Å². The van der Waals surface area contributed by atoms with Gasteiger partial charge in [-0.3, -0.25) is 4.79 Å². The predicted molar refractivity (Wildman–Crippen MR) is 60.9 cm³/mol. The Morgan fingerprint density at radius 2 is 1.93 bits per heavy atom. The zero-order valence-corrected chi connectivity index (χ0v) is 9.34. The molecule has 1 aromatic rings. The van der Waals surface area contributed by atoms with E-state index in [0.29, 0.717) is 25.2 Å². The number of benzene rings is 1. The van der Waals surface area contributed by atoms with E-state index in [9.17, 15) is 4.79 Å². The first-order valence-electron chi connectivity index (χ1n) is 5.37. The molecule has 0 bridgehead atoms. The summed E-state index contributed by atoms with van der Waals surface area (Å²) in [5.74, 6) is 0.332. The molecule has 0 amide bonds. The minimum Gasteiger partial charge on any atom is -0.330 e. The van der Waals surface area contributed by atoms with Gasteiger partial charge in [-0.2, -0.15) is 0 Å². The van der Waals surface area contributed by atoms with Gasteiger partial charge >= 0.3 is 0 Å². The molecule has 0 aromatic heterocycles. The van der Waals surface area contributed by atoms with Crippen molar-refractivity contribution < 1.29 is 4.79 Å². The van der Waals surface area contributed by atoms with Gasteiger partial charge in [-0.15, -0.1) is 0 Å². The first kappa shape index (κ1) is 10.4. The van der Waals surface area contributed by atoms with Gasteiger partial charge in [-0.1, -0.05) is 18.2 Å². The first-order chi connectivity index (χ1) is 7.07. The summed E-state index contributed by atoms with van der Waals surface area (Å²) in [6.07, 6.45) is 1.23. The monoisotopic (exact) mass is 203 g/mol. The molecule has 2 nitrogen and oxygen atoms in total. The van der Waals surface area contributed by atoms with E-state index in [4.69, 9.17) is 5.73 Å².